The second-order valence-electron chi connectivity index (χ2n) is 5.58. The molecule has 23 heavy (non-hydrogen) atoms. The predicted octanol–water partition coefficient (Wildman–Crippen LogP) is 5.32. The molecule has 3 aromatic carbocycles. The lowest BCUT2D eigenvalue weighted by Crippen LogP contribution is -2.13. The molecule has 3 heteroatoms. The van der Waals surface area contributed by atoms with Crippen molar-refractivity contribution in [1.82, 2.24) is 0 Å². The van der Waals surface area contributed by atoms with E-state index in [4.69, 9.17) is 0 Å². The van der Waals surface area contributed by atoms with E-state index < -0.39 is 6.34 Å². The lowest BCUT2D eigenvalue weighted by molar-refractivity contribution is 0.595. The van der Waals surface area contributed by atoms with Gasteiger partial charge in [-0.1, -0.05) is 89.7 Å². The van der Waals surface area contributed by atoms with Gasteiger partial charge in [0, 0.05) is 15.5 Å². The van der Waals surface area contributed by atoms with Crippen molar-refractivity contribution in [2.24, 2.45) is 0 Å². The van der Waals surface area contributed by atoms with Gasteiger partial charge in [-0.15, -0.1) is 0 Å². The lowest BCUT2D eigenvalue weighted by Gasteiger charge is -2.19. The van der Waals surface area contributed by atoms with Crippen LogP contribution in [0.3, 0.4) is 0 Å². The molecule has 0 atom stereocenters. The first kappa shape index (κ1) is 16.1. The molecule has 1 nitrogen and oxygen atoms in total. The van der Waals surface area contributed by atoms with E-state index in [2.05, 4.69) is 32.0 Å². The van der Waals surface area contributed by atoms with Crippen LogP contribution in [0.1, 0.15) is 11.1 Å². The molecular weight excluding hydrogens is 319 g/mol. The van der Waals surface area contributed by atoms with E-state index in [-0.39, 0.29) is 0 Å². The Morgan fingerprint density at radius 1 is 0.739 bits per heavy atom. The highest BCUT2D eigenvalue weighted by Gasteiger charge is 2.29. The first-order valence-electron chi connectivity index (χ1n) is 7.58. The molecule has 0 saturated carbocycles. The number of hydrogen-bond acceptors (Lipinski definition) is 2. The van der Waals surface area contributed by atoms with Gasteiger partial charge in [-0.25, -0.2) is 0 Å². The van der Waals surface area contributed by atoms with E-state index in [0.29, 0.717) is 0 Å². The fourth-order valence-electron chi connectivity index (χ4n) is 2.54. The average Bonchev–Trinajstić information content (AvgIpc) is 2.59. The molecular formula is C20H19OPS. The van der Waals surface area contributed by atoms with Crippen molar-refractivity contribution in [3.8, 4) is 0 Å². The molecule has 0 fully saturated rings. The van der Waals surface area contributed by atoms with Crippen molar-refractivity contribution >= 4 is 28.3 Å². The molecule has 0 spiro atoms. The fraction of sp³-hybridized carbons (Fsp3) is 0.100. The van der Waals surface area contributed by atoms with Crippen LogP contribution in [0.25, 0.3) is 0 Å². The third-order valence-corrected chi connectivity index (χ3v) is 9.24. The zero-order chi connectivity index (χ0) is 16.3. The Bertz CT molecular complexity index is 801. The summed E-state index contributed by atoms with van der Waals surface area (Å²) in [5, 5.41) is 1.77. The van der Waals surface area contributed by atoms with Gasteiger partial charge in [-0.05, 0) is 25.5 Å². The first-order valence-corrected chi connectivity index (χ1v) is 10.7. The molecule has 0 aliphatic rings. The Hall–Kier alpha value is -1.76. The Balaban J connectivity index is 2.12. The largest absolute Gasteiger partial charge is 0.302 e. The zero-order valence-electron chi connectivity index (χ0n) is 13.3. The Kier molecular flexibility index (Phi) is 4.75. The highest BCUT2D eigenvalue weighted by Crippen LogP contribution is 2.60. The summed E-state index contributed by atoms with van der Waals surface area (Å²) in [7, 11) is 0. The van der Waals surface area contributed by atoms with Gasteiger partial charge < -0.3 is 4.57 Å². The normalized spacial score (nSPS) is 11.4. The van der Waals surface area contributed by atoms with Crippen LogP contribution in [0.2, 0.25) is 0 Å². The Morgan fingerprint density at radius 2 is 1.26 bits per heavy atom. The van der Waals surface area contributed by atoms with Gasteiger partial charge in [0.05, 0.1) is 0 Å². The molecule has 0 radical (unpaired) electrons. The Morgan fingerprint density at radius 3 is 1.74 bits per heavy atom. The molecule has 0 aromatic heterocycles. The molecule has 0 heterocycles. The van der Waals surface area contributed by atoms with Crippen LogP contribution in [-0.4, -0.2) is 0 Å². The number of benzene rings is 3. The third-order valence-electron chi connectivity index (χ3n) is 3.75. The number of rotatable bonds is 4. The second kappa shape index (κ2) is 6.78. The highest BCUT2D eigenvalue weighted by atomic mass is 32.7. The van der Waals surface area contributed by atoms with E-state index >= 15 is 0 Å². The summed E-state index contributed by atoms with van der Waals surface area (Å²) in [6, 6.07) is 25.9. The van der Waals surface area contributed by atoms with Crippen LogP contribution in [0, 0.1) is 13.8 Å². The predicted molar refractivity (Wildman–Crippen MR) is 102 cm³/mol. The van der Waals surface area contributed by atoms with Gasteiger partial charge >= 0.3 is 0 Å². The van der Waals surface area contributed by atoms with Crippen molar-refractivity contribution in [3.63, 3.8) is 0 Å². The van der Waals surface area contributed by atoms with Crippen molar-refractivity contribution in [3.05, 3.63) is 90.0 Å². The molecule has 116 valence electrons. The smallest absolute Gasteiger partial charge is 0.199 e. The number of aryl methyl sites for hydroxylation is 2. The molecule has 0 amide bonds. The second-order valence-corrected chi connectivity index (χ2v) is 10.4. The maximum Gasteiger partial charge on any atom is 0.199 e. The van der Waals surface area contributed by atoms with Crippen molar-refractivity contribution < 1.29 is 4.57 Å². The van der Waals surface area contributed by atoms with Crippen LogP contribution in [0.15, 0.2) is 83.8 Å². The molecule has 3 rings (SSSR count). The van der Waals surface area contributed by atoms with Gasteiger partial charge in [-0.2, -0.15) is 0 Å². The van der Waals surface area contributed by atoms with E-state index in [1.165, 1.54) is 22.5 Å². The molecule has 0 N–H and O–H groups in total. The summed E-state index contributed by atoms with van der Waals surface area (Å²) in [6.07, 6.45) is -2.77. The van der Waals surface area contributed by atoms with E-state index in [9.17, 15) is 4.57 Å². The highest BCUT2D eigenvalue weighted by molar-refractivity contribution is 8.62. The lowest BCUT2D eigenvalue weighted by atomic mass is 10.2. The first-order chi connectivity index (χ1) is 11.1. The van der Waals surface area contributed by atoms with Crippen molar-refractivity contribution in [2.45, 2.75) is 18.7 Å². The SMILES string of the molecule is Cc1ccc(SP(=O)(c2ccccc2)c2ccccc2)c(C)c1. The maximum absolute atomic E-state index is 14.0. The van der Waals surface area contributed by atoms with Crippen LogP contribution < -0.4 is 10.6 Å². The van der Waals surface area contributed by atoms with Crippen LogP contribution in [0.5, 0.6) is 0 Å². The van der Waals surface area contributed by atoms with Crippen LogP contribution in [0.4, 0.5) is 0 Å². The summed E-state index contributed by atoms with van der Waals surface area (Å²) in [4.78, 5) is 1.08. The van der Waals surface area contributed by atoms with Gasteiger partial charge in [0.2, 0.25) is 0 Å². The molecule has 3 aromatic rings. The Labute approximate surface area is 141 Å². The summed E-state index contributed by atoms with van der Waals surface area (Å²) < 4.78 is 14.0. The fourth-order valence-corrected chi connectivity index (χ4v) is 7.60. The summed E-state index contributed by atoms with van der Waals surface area (Å²) >= 11 is 1.49. The molecule has 0 aliphatic heterocycles. The zero-order valence-corrected chi connectivity index (χ0v) is 15.0. The summed E-state index contributed by atoms with van der Waals surface area (Å²) in [5.41, 5.74) is 2.39. The van der Waals surface area contributed by atoms with Gasteiger partial charge in [-0.3, -0.25) is 0 Å². The summed E-state index contributed by atoms with van der Waals surface area (Å²) in [6.45, 7) is 4.16. The number of hydrogen-bond donors (Lipinski definition) is 0. The van der Waals surface area contributed by atoms with E-state index in [0.717, 1.165) is 15.5 Å². The topological polar surface area (TPSA) is 17.1 Å². The standard InChI is InChI=1S/C20H19OPS/c1-16-13-14-20(17(2)15-16)23-22(21,18-9-5-3-6-10-18)19-11-7-4-8-12-19/h3-15H,1-2H3. The maximum atomic E-state index is 14.0. The van der Waals surface area contributed by atoms with Crippen molar-refractivity contribution in [1.29, 1.82) is 0 Å². The molecule has 0 saturated heterocycles. The molecule has 0 unspecified atom stereocenters. The quantitative estimate of drug-likeness (QED) is 0.599. The van der Waals surface area contributed by atoms with E-state index in [1.54, 1.807) is 0 Å². The minimum absolute atomic E-state index is 0.885. The molecule has 0 aliphatic carbocycles. The van der Waals surface area contributed by atoms with E-state index in [1.807, 2.05) is 60.7 Å². The minimum Gasteiger partial charge on any atom is -0.302 e. The third kappa shape index (κ3) is 3.44. The van der Waals surface area contributed by atoms with Gasteiger partial charge in [0.25, 0.3) is 0 Å². The average molecular weight is 338 g/mol. The summed E-state index contributed by atoms with van der Waals surface area (Å²) in [5.74, 6) is 0. The monoisotopic (exact) mass is 338 g/mol. The van der Waals surface area contributed by atoms with Crippen LogP contribution >= 0.6 is 17.7 Å². The van der Waals surface area contributed by atoms with Gasteiger partial charge in [0.1, 0.15) is 0 Å². The van der Waals surface area contributed by atoms with Crippen molar-refractivity contribution in [2.75, 3.05) is 0 Å². The van der Waals surface area contributed by atoms with Gasteiger partial charge in [0.15, 0.2) is 6.34 Å². The van der Waals surface area contributed by atoms with Crippen LogP contribution in [-0.2, 0) is 4.57 Å². The minimum atomic E-state index is -2.77. The molecule has 0 bridgehead atoms.